The van der Waals surface area contributed by atoms with Gasteiger partial charge in [-0.15, -0.1) is 0 Å². The molecule has 0 spiro atoms. The first-order valence-corrected chi connectivity index (χ1v) is 6.56. The van der Waals surface area contributed by atoms with Crippen LogP contribution in [0.4, 0.5) is 5.82 Å². The maximum Gasteiger partial charge on any atom is 0.376 e. The minimum absolute atomic E-state index is 0.0237. The van der Waals surface area contributed by atoms with Gasteiger partial charge < -0.3 is 15.2 Å². The van der Waals surface area contributed by atoms with Crippen LogP contribution in [0.2, 0.25) is 0 Å². The van der Waals surface area contributed by atoms with E-state index in [2.05, 4.69) is 20.0 Å². The summed E-state index contributed by atoms with van der Waals surface area (Å²) < 4.78 is 4.58. The first-order chi connectivity index (χ1) is 9.20. The Labute approximate surface area is 112 Å². The molecule has 2 unspecified atom stereocenters. The maximum atomic E-state index is 11.4. The number of hydrogen-bond acceptors (Lipinski definition) is 6. The zero-order valence-electron chi connectivity index (χ0n) is 11.0. The van der Waals surface area contributed by atoms with E-state index in [1.165, 1.54) is 13.3 Å². The number of nitrogens with one attached hydrogen (secondary N) is 1. The Hall–Kier alpha value is -1.69. The Morgan fingerprint density at radius 2 is 2.21 bits per heavy atom. The average Bonchev–Trinajstić information content (AvgIpc) is 2.64. The molecule has 2 rings (SSSR count). The lowest BCUT2D eigenvalue weighted by Crippen LogP contribution is -2.33. The summed E-state index contributed by atoms with van der Waals surface area (Å²) in [6.07, 6.45) is 6.11. The minimum atomic E-state index is -0.565. The molecule has 0 bridgehead atoms. The summed E-state index contributed by atoms with van der Waals surface area (Å²) in [7, 11) is 1.29. The molecule has 2 N–H and O–H groups in total. The molecule has 1 aliphatic carbocycles. The molecule has 1 heterocycles. The van der Waals surface area contributed by atoms with Crippen molar-refractivity contribution in [1.29, 1.82) is 0 Å². The molecule has 0 aromatic carbocycles. The van der Waals surface area contributed by atoms with Crippen molar-refractivity contribution in [3.8, 4) is 0 Å². The lowest BCUT2D eigenvalue weighted by atomic mass is 10.1. The molecule has 6 nitrogen and oxygen atoms in total. The maximum absolute atomic E-state index is 11.4. The van der Waals surface area contributed by atoms with E-state index >= 15 is 0 Å². The summed E-state index contributed by atoms with van der Waals surface area (Å²) in [5.41, 5.74) is 0. The van der Waals surface area contributed by atoms with Crippen LogP contribution < -0.4 is 5.32 Å². The van der Waals surface area contributed by atoms with Gasteiger partial charge in [-0.25, -0.2) is 14.8 Å². The van der Waals surface area contributed by atoms with Crippen molar-refractivity contribution in [2.45, 2.75) is 44.2 Å². The highest BCUT2D eigenvalue weighted by Gasteiger charge is 2.22. The molecular weight excluding hydrogens is 246 g/mol. The van der Waals surface area contributed by atoms with Crippen molar-refractivity contribution in [2.75, 3.05) is 12.4 Å². The zero-order chi connectivity index (χ0) is 13.7. The van der Waals surface area contributed by atoms with Gasteiger partial charge in [0.1, 0.15) is 5.82 Å². The van der Waals surface area contributed by atoms with E-state index in [9.17, 15) is 9.90 Å². The number of esters is 1. The number of aliphatic hydroxyl groups is 1. The number of aromatic nitrogens is 2. The Kier molecular flexibility index (Phi) is 4.68. The highest BCUT2D eigenvalue weighted by atomic mass is 16.5. The number of carbonyl (C=O) groups is 1. The van der Waals surface area contributed by atoms with Crippen LogP contribution in [0.1, 0.15) is 42.7 Å². The summed E-state index contributed by atoms with van der Waals surface area (Å²) >= 11 is 0. The molecule has 6 heteroatoms. The largest absolute Gasteiger partial charge is 0.463 e. The van der Waals surface area contributed by atoms with Gasteiger partial charge in [-0.1, -0.05) is 19.3 Å². The van der Waals surface area contributed by atoms with Crippen LogP contribution >= 0.6 is 0 Å². The summed E-state index contributed by atoms with van der Waals surface area (Å²) in [6.45, 7) is 0. The summed E-state index contributed by atoms with van der Waals surface area (Å²) in [5.74, 6) is 0.00188. The second-order valence-electron chi connectivity index (χ2n) is 4.71. The third-order valence-corrected chi connectivity index (χ3v) is 3.34. The fraction of sp³-hybridized carbons (Fsp3) is 0.615. The van der Waals surface area contributed by atoms with Crippen LogP contribution in [-0.2, 0) is 4.74 Å². The van der Waals surface area contributed by atoms with Crippen LogP contribution in [0.3, 0.4) is 0 Å². The van der Waals surface area contributed by atoms with E-state index in [-0.39, 0.29) is 18.0 Å². The van der Waals surface area contributed by atoms with Crippen LogP contribution in [-0.4, -0.2) is 40.3 Å². The zero-order valence-corrected chi connectivity index (χ0v) is 11.0. The number of carbonyl (C=O) groups excluding carboxylic acids is 1. The van der Waals surface area contributed by atoms with Crippen molar-refractivity contribution in [1.82, 2.24) is 9.97 Å². The number of rotatable bonds is 3. The topological polar surface area (TPSA) is 84.3 Å². The van der Waals surface area contributed by atoms with Gasteiger partial charge in [0.15, 0.2) is 0 Å². The van der Waals surface area contributed by atoms with Crippen LogP contribution in [0.25, 0.3) is 0 Å². The lowest BCUT2D eigenvalue weighted by molar-refractivity contribution is 0.0587. The first-order valence-electron chi connectivity index (χ1n) is 6.56. The van der Waals surface area contributed by atoms with E-state index in [0.717, 1.165) is 32.1 Å². The van der Waals surface area contributed by atoms with Crippen molar-refractivity contribution >= 4 is 11.8 Å². The molecule has 0 radical (unpaired) electrons. The standard InChI is InChI=1S/C13H19N3O3/c1-19-13(18)12-14-8-7-11(16-12)15-9-5-3-2-4-6-10(9)17/h7-10,17H,2-6H2,1H3,(H,14,15,16). The van der Waals surface area contributed by atoms with Gasteiger partial charge in [-0.05, 0) is 18.9 Å². The van der Waals surface area contributed by atoms with Crippen LogP contribution in [0.15, 0.2) is 12.3 Å². The third kappa shape index (κ3) is 3.64. The van der Waals surface area contributed by atoms with Gasteiger partial charge >= 0.3 is 5.97 Å². The summed E-state index contributed by atoms with van der Waals surface area (Å²) in [4.78, 5) is 19.3. The molecule has 1 fully saturated rings. The van der Waals surface area contributed by atoms with Crippen LogP contribution in [0, 0.1) is 0 Å². The second kappa shape index (κ2) is 6.47. The van der Waals surface area contributed by atoms with Crippen molar-refractivity contribution in [3.05, 3.63) is 18.1 Å². The number of hydrogen-bond donors (Lipinski definition) is 2. The Balaban J connectivity index is 2.07. The quantitative estimate of drug-likeness (QED) is 0.634. The van der Waals surface area contributed by atoms with Gasteiger partial charge in [0, 0.05) is 6.20 Å². The van der Waals surface area contributed by atoms with Gasteiger partial charge in [0.2, 0.25) is 5.82 Å². The molecule has 0 amide bonds. The summed E-state index contributed by atoms with van der Waals surface area (Å²) in [5, 5.41) is 13.2. The number of methoxy groups -OCH3 is 1. The smallest absolute Gasteiger partial charge is 0.376 e. The highest BCUT2D eigenvalue weighted by Crippen LogP contribution is 2.20. The third-order valence-electron chi connectivity index (χ3n) is 3.34. The van der Waals surface area contributed by atoms with E-state index in [4.69, 9.17) is 0 Å². The molecule has 19 heavy (non-hydrogen) atoms. The van der Waals surface area contributed by atoms with E-state index in [1.54, 1.807) is 6.07 Å². The molecule has 2 atom stereocenters. The van der Waals surface area contributed by atoms with Crippen molar-refractivity contribution < 1.29 is 14.6 Å². The monoisotopic (exact) mass is 265 g/mol. The van der Waals surface area contributed by atoms with Crippen LogP contribution in [0.5, 0.6) is 0 Å². The van der Waals surface area contributed by atoms with Gasteiger partial charge in [0.05, 0.1) is 19.3 Å². The number of ether oxygens (including phenoxy) is 1. The molecule has 1 saturated carbocycles. The van der Waals surface area contributed by atoms with Gasteiger partial charge in [-0.3, -0.25) is 0 Å². The fourth-order valence-electron chi connectivity index (χ4n) is 2.28. The molecule has 1 aromatic rings. The molecular formula is C13H19N3O3. The predicted molar refractivity (Wildman–Crippen MR) is 69.9 cm³/mol. The SMILES string of the molecule is COC(=O)c1nccc(NC2CCCCCC2O)n1. The molecule has 104 valence electrons. The Morgan fingerprint density at radius 3 is 3.00 bits per heavy atom. The molecule has 1 aromatic heterocycles. The van der Waals surface area contributed by atoms with E-state index < -0.39 is 5.97 Å². The number of nitrogens with zero attached hydrogens (tertiary/aromatic N) is 2. The first kappa shape index (κ1) is 13.7. The molecule has 0 saturated heterocycles. The highest BCUT2D eigenvalue weighted by molar-refractivity contribution is 5.85. The van der Waals surface area contributed by atoms with Crippen molar-refractivity contribution in [2.24, 2.45) is 0 Å². The predicted octanol–water partition coefficient (Wildman–Crippen LogP) is 1.37. The van der Waals surface area contributed by atoms with Gasteiger partial charge in [-0.2, -0.15) is 0 Å². The minimum Gasteiger partial charge on any atom is -0.463 e. The second-order valence-corrected chi connectivity index (χ2v) is 4.71. The van der Waals surface area contributed by atoms with E-state index in [1.807, 2.05) is 0 Å². The Morgan fingerprint density at radius 1 is 1.42 bits per heavy atom. The molecule has 1 aliphatic rings. The van der Waals surface area contributed by atoms with E-state index in [0.29, 0.717) is 5.82 Å². The average molecular weight is 265 g/mol. The normalized spacial score (nSPS) is 23.5. The van der Waals surface area contributed by atoms with Gasteiger partial charge in [0.25, 0.3) is 0 Å². The Bertz CT molecular complexity index is 439. The summed E-state index contributed by atoms with van der Waals surface area (Å²) in [6, 6.07) is 1.66. The number of anilines is 1. The fourth-order valence-corrected chi connectivity index (χ4v) is 2.28. The molecule has 0 aliphatic heterocycles. The number of aliphatic hydroxyl groups excluding tert-OH is 1. The lowest BCUT2D eigenvalue weighted by Gasteiger charge is -2.22. The van der Waals surface area contributed by atoms with Crippen molar-refractivity contribution in [3.63, 3.8) is 0 Å².